The van der Waals surface area contributed by atoms with Crippen LogP contribution in [-0.2, 0) is 4.79 Å². The van der Waals surface area contributed by atoms with Gasteiger partial charge in [-0.25, -0.2) is 9.79 Å². The molecule has 0 aliphatic heterocycles. The molecule has 20 heavy (non-hydrogen) atoms. The average molecular weight is 283 g/mol. The van der Waals surface area contributed by atoms with Crippen LogP contribution in [0, 0.1) is 0 Å². The van der Waals surface area contributed by atoms with Crippen molar-refractivity contribution in [1.29, 1.82) is 0 Å². The summed E-state index contributed by atoms with van der Waals surface area (Å²) in [5, 5.41) is 0. The van der Waals surface area contributed by atoms with Crippen LogP contribution in [0.25, 0.3) is 0 Å². The standard InChI is InChI=1S/C8H20N6.C4H5NO/c9-7(10)13-5-3-1-2-4-6-14-8(11)12;1-2-3-5-4-6/h1-6H2,(H4,9,10,13)(H4,11,12,14);2H,1,3H2. The average Bonchev–Trinajstić information content (AvgIpc) is 2.39. The minimum Gasteiger partial charge on any atom is -0.370 e. The quantitative estimate of drug-likeness (QED) is 0.149. The summed E-state index contributed by atoms with van der Waals surface area (Å²) in [6.45, 7) is 5.10. The highest BCUT2D eigenvalue weighted by Crippen LogP contribution is 1.99. The number of unbranched alkanes of at least 4 members (excludes halogenated alkanes) is 3. The van der Waals surface area contributed by atoms with Gasteiger partial charge in [0.2, 0.25) is 6.08 Å². The van der Waals surface area contributed by atoms with Crippen LogP contribution >= 0.6 is 0 Å². The Labute approximate surface area is 119 Å². The molecule has 0 atom stereocenters. The molecule has 8 nitrogen and oxygen atoms in total. The SMILES string of the molecule is C=CCN=C=O.NC(N)=NCCCCCCN=C(N)N. The summed E-state index contributed by atoms with van der Waals surface area (Å²) in [6.07, 6.45) is 7.09. The summed E-state index contributed by atoms with van der Waals surface area (Å²) < 4.78 is 0. The van der Waals surface area contributed by atoms with Gasteiger partial charge in [-0.15, -0.1) is 6.58 Å². The van der Waals surface area contributed by atoms with Crippen molar-refractivity contribution in [3.8, 4) is 0 Å². The second-order valence-electron chi connectivity index (χ2n) is 3.75. The van der Waals surface area contributed by atoms with E-state index >= 15 is 0 Å². The van der Waals surface area contributed by atoms with E-state index in [0.717, 1.165) is 25.7 Å². The maximum atomic E-state index is 9.22. The van der Waals surface area contributed by atoms with E-state index in [1.807, 2.05) is 0 Å². The van der Waals surface area contributed by atoms with Gasteiger partial charge in [0, 0.05) is 13.1 Å². The Kier molecular flexibility index (Phi) is 16.6. The van der Waals surface area contributed by atoms with E-state index in [4.69, 9.17) is 22.9 Å². The third kappa shape index (κ3) is 24.8. The molecule has 0 fully saturated rings. The van der Waals surface area contributed by atoms with Gasteiger partial charge in [0.15, 0.2) is 11.9 Å². The van der Waals surface area contributed by atoms with Crippen molar-refractivity contribution in [2.24, 2.45) is 37.9 Å². The maximum Gasteiger partial charge on any atom is 0.235 e. The summed E-state index contributed by atoms with van der Waals surface area (Å²) in [5.74, 6) is 0.316. The molecule has 0 aromatic carbocycles. The molecule has 0 aromatic heterocycles. The number of isocyanates is 1. The fourth-order valence-electron chi connectivity index (χ4n) is 1.10. The zero-order valence-corrected chi connectivity index (χ0v) is 11.8. The first-order valence-electron chi connectivity index (χ1n) is 6.29. The smallest absolute Gasteiger partial charge is 0.235 e. The summed E-state index contributed by atoms with van der Waals surface area (Å²) in [4.78, 5) is 20.1. The van der Waals surface area contributed by atoms with Gasteiger partial charge in [0.25, 0.3) is 0 Å². The second kappa shape index (κ2) is 16.7. The first-order chi connectivity index (χ1) is 9.54. The Morgan fingerprint density at radius 1 is 0.950 bits per heavy atom. The minimum absolute atomic E-state index is 0.158. The fraction of sp³-hybridized carbons (Fsp3) is 0.583. The van der Waals surface area contributed by atoms with Crippen LogP contribution in [0.5, 0.6) is 0 Å². The zero-order chi connectivity index (χ0) is 15.6. The minimum atomic E-state index is 0.158. The molecule has 0 spiro atoms. The molecule has 0 saturated carbocycles. The topological polar surface area (TPSA) is 158 Å². The Morgan fingerprint density at radius 3 is 1.65 bits per heavy atom. The van der Waals surface area contributed by atoms with Gasteiger partial charge in [-0.1, -0.05) is 18.9 Å². The first-order valence-corrected chi connectivity index (χ1v) is 6.29. The molecule has 8 heteroatoms. The van der Waals surface area contributed by atoms with E-state index < -0.39 is 0 Å². The lowest BCUT2D eigenvalue weighted by Crippen LogP contribution is -2.23. The molecule has 0 aliphatic rings. The third-order valence-electron chi connectivity index (χ3n) is 1.94. The van der Waals surface area contributed by atoms with Crippen LogP contribution in [0.15, 0.2) is 27.6 Å². The molecule has 0 bridgehead atoms. The summed E-state index contributed by atoms with van der Waals surface area (Å²) in [5.41, 5.74) is 20.7. The lowest BCUT2D eigenvalue weighted by molar-refractivity contribution is 0.564. The van der Waals surface area contributed by atoms with E-state index in [9.17, 15) is 4.79 Å². The largest absolute Gasteiger partial charge is 0.370 e. The van der Waals surface area contributed by atoms with Crippen LogP contribution < -0.4 is 22.9 Å². The summed E-state index contributed by atoms with van der Waals surface area (Å²) >= 11 is 0. The van der Waals surface area contributed by atoms with Crippen molar-refractivity contribution in [3.05, 3.63) is 12.7 Å². The van der Waals surface area contributed by atoms with Crippen LogP contribution in [0.3, 0.4) is 0 Å². The number of carbonyl (C=O) groups excluding carboxylic acids is 1. The van der Waals surface area contributed by atoms with E-state index in [1.165, 1.54) is 12.2 Å². The van der Waals surface area contributed by atoms with Gasteiger partial charge in [-0.2, -0.15) is 0 Å². The van der Waals surface area contributed by atoms with Gasteiger partial charge in [-0.3, -0.25) is 9.98 Å². The van der Waals surface area contributed by atoms with Crippen molar-refractivity contribution >= 4 is 18.0 Å². The Bertz CT molecular complexity index is 316. The van der Waals surface area contributed by atoms with Gasteiger partial charge < -0.3 is 22.9 Å². The van der Waals surface area contributed by atoms with Crippen molar-refractivity contribution in [3.63, 3.8) is 0 Å². The lowest BCUT2D eigenvalue weighted by atomic mass is 10.2. The van der Waals surface area contributed by atoms with Crippen molar-refractivity contribution in [2.45, 2.75) is 25.7 Å². The number of nitrogens with zero attached hydrogens (tertiary/aromatic N) is 3. The van der Waals surface area contributed by atoms with Crippen molar-refractivity contribution in [1.82, 2.24) is 0 Å². The second-order valence-corrected chi connectivity index (χ2v) is 3.75. The number of rotatable bonds is 9. The first kappa shape index (κ1) is 20.0. The fourth-order valence-corrected chi connectivity index (χ4v) is 1.10. The lowest BCUT2D eigenvalue weighted by Gasteiger charge is -1.97. The number of nitrogens with two attached hydrogens (primary N) is 4. The van der Waals surface area contributed by atoms with E-state index in [1.54, 1.807) is 0 Å². The summed E-state index contributed by atoms with van der Waals surface area (Å²) in [6, 6.07) is 0. The Hall–Kier alpha value is -2.34. The van der Waals surface area contributed by atoms with Crippen LogP contribution in [0.2, 0.25) is 0 Å². The number of hydrogen-bond acceptors (Lipinski definition) is 4. The van der Waals surface area contributed by atoms with Gasteiger partial charge in [0.1, 0.15) is 0 Å². The molecular weight excluding hydrogens is 258 g/mol. The zero-order valence-electron chi connectivity index (χ0n) is 11.8. The molecule has 0 aromatic rings. The predicted molar refractivity (Wildman–Crippen MR) is 83.0 cm³/mol. The normalized spacial score (nSPS) is 8.40. The molecule has 0 unspecified atom stereocenters. The van der Waals surface area contributed by atoms with E-state index in [-0.39, 0.29) is 11.9 Å². The van der Waals surface area contributed by atoms with Crippen LogP contribution in [0.1, 0.15) is 25.7 Å². The molecule has 0 heterocycles. The number of guanidine groups is 2. The molecule has 0 radical (unpaired) electrons. The third-order valence-corrected chi connectivity index (χ3v) is 1.94. The Morgan fingerprint density at radius 2 is 1.40 bits per heavy atom. The summed E-state index contributed by atoms with van der Waals surface area (Å²) in [7, 11) is 0. The molecule has 0 rings (SSSR count). The molecule has 114 valence electrons. The van der Waals surface area contributed by atoms with Gasteiger partial charge in [-0.05, 0) is 12.8 Å². The van der Waals surface area contributed by atoms with Gasteiger partial charge >= 0.3 is 0 Å². The molecule has 0 saturated heterocycles. The number of aliphatic imine (C=N–C) groups is 3. The highest BCUT2D eigenvalue weighted by molar-refractivity contribution is 5.75. The van der Waals surface area contributed by atoms with Crippen molar-refractivity contribution in [2.75, 3.05) is 19.6 Å². The highest BCUT2D eigenvalue weighted by Gasteiger charge is 1.89. The van der Waals surface area contributed by atoms with Crippen LogP contribution in [0.4, 0.5) is 0 Å². The van der Waals surface area contributed by atoms with Gasteiger partial charge in [0.05, 0.1) is 6.54 Å². The maximum absolute atomic E-state index is 9.22. The Balaban J connectivity index is 0. The predicted octanol–water partition coefficient (Wildman–Crippen LogP) is -0.398. The monoisotopic (exact) mass is 283 g/mol. The highest BCUT2D eigenvalue weighted by atomic mass is 16.1. The van der Waals surface area contributed by atoms with E-state index in [2.05, 4.69) is 21.6 Å². The van der Waals surface area contributed by atoms with Crippen molar-refractivity contribution < 1.29 is 4.79 Å². The van der Waals surface area contributed by atoms with E-state index in [0.29, 0.717) is 19.6 Å². The molecule has 8 N–H and O–H groups in total. The molecule has 0 amide bonds. The number of hydrogen-bond donors (Lipinski definition) is 4. The van der Waals surface area contributed by atoms with Crippen LogP contribution in [-0.4, -0.2) is 37.6 Å². The molecular formula is C12H25N7O. The molecule has 0 aliphatic carbocycles.